The third-order valence-electron chi connectivity index (χ3n) is 4.43. The summed E-state index contributed by atoms with van der Waals surface area (Å²) in [5.41, 5.74) is 1.22. The van der Waals surface area contributed by atoms with Crippen LogP contribution in [0.15, 0.2) is 47.4 Å². The molecule has 0 aliphatic carbocycles. The van der Waals surface area contributed by atoms with Crippen LogP contribution in [-0.4, -0.2) is 13.0 Å². The maximum atomic E-state index is 11.9. The van der Waals surface area contributed by atoms with E-state index in [1.807, 2.05) is 12.1 Å². The summed E-state index contributed by atoms with van der Waals surface area (Å²) >= 11 is 0. The average Bonchev–Trinajstić information content (AvgIpc) is 2.63. The average molecular weight is 414 g/mol. The summed E-state index contributed by atoms with van der Waals surface area (Å²) in [6, 6.07) is 10.8. The molecule has 0 saturated carbocycles. The van der Waals surface area contributed by atoms with Gasteiger partial charge in [0, 0.05) is 0 Å². The number of unbranched alkanes of at least 4 members (excludes halogenated alkanes) is 6. The van der Waals surface area contributed by atoms with E-state index in [1.165, 1.54) is 50.2 Å². The first-order chi connectivity index (χ1) is 12.9. The van der Waals surface area contributed by atoms with E-state index in [-0.39, 0.29) is 35.3 Å². The van der Waals surface area contributed by atoms with Gasteiger partial charge in [-0.2, -0.15) is 8.42 Å². The summed E-state index contributed by atoms with van der Waals surface area (Å²) in [6.07, 6.45) is 9.94. The molecule has 0 saturated heterocycles. The van der Waals surface area contributed by atoms with Gasteiger partial charge in [0.15, 0.2) is 0 Å². The molecule has 0 aliphatic heterocycles. The summed E-state index contributed by atoms with van der Waals surface area (Å²) in [5.74, 6) is -0.0745. The zero-order chi connectivity index (χ0) is 19.7. The molecule has 28 heavy (non-hydrogen) atoms. The van der Waals surface area contributed by atoms with E-state index >= 15 is 0 Å². The molecule has 2 rings (SSSR count). The first kappa shape index (κ1) is 25.0. The van der Waals surface area contributed by atoms with E-state index in [0.29, 0.717) is 5.75 Å². The second kappa shape index (κ2) is 12.5. The maximum absolute atomic E-state index is 11.9. The minimum absolute atomic E-state index is 0. The Morgan fingerprint density at radius 3 is 2.11 bits per heavy atom. The van der Waals surface area contributed by atoms with Crippen molar-refractivity contribution in [2.24, 2.45) is 0 Å². The first-order valence-corrected chi connectivity index (χ1v) is 10.9. The summed E-state index contributed by atoms with van der Waals surface area (Å²) in [6.45, 7) is 2.22. The number of ether oxygens (including phenoxy) is 1. The standard InChI is InChI=1S/C21H28O5S.Na/c1-2-3-4-5-6-7-8-9-17-10-12-18(13-11-17)26-21-15-14-19(16-20(21)22)27(23,24)25;/h10-16,22H,2-9H2,1H3,(H,23,24,25);/q;+1/p-1. The Hall–Kier alpha value is -1.05. The molecule has 0 heterocycles. The van der Waals surface area contributed by atoms with Gasteiger partial charge < -0.3 is 9.84 Å². The van der Waals surface area contributed by atoms with Gasteiger partial charge in [-0.1, -0.05) is 63.3 Å². The van der Waals surface area contributed by atoms with Gasteiger partial charge >= 0.3 is 29.6 Å². The summed E-state index contributed by atoms with van der Waals surface area (Å²) in [7, 11) is -4.39. The molecule has 0 amide bonds. The van der Waals surface area contributed by atoms with E-state index < -0.39 is 20.8 Å². The van der Waals surface area contributed by atoms with Crippen LogP contribution in [-0.2, 0) is 16.5 Å². The van der Waals surface area contributed by atoms with Gasteiger partial charge in [0.25, 0.3) is 10.1 Å². The van der Waals surface area contributed by atoms with Gasteiger partial charge in [-0.15, -0.1) is 0 Å². The van der Waals surface area contributed by atoms with Gasteiger partial charge in [-0.25, -0.2) is 0 Å². The fourth-order valence-electron chi connectivity index (χ4n) is 2.87. The van der Waals surface area contributed by atoms with Gasteiger partial charge in [0.2, 0.25) is 0 Å². The van der Waals surface area contributed by atoms with Crippen LogP contribution < -0.4 is 39.4 Å². The van der Waals surface area contributed by atoms with Crippen molar-refractivity contribution >= 4 is 10.1 Å². The van der Waals surface area contributed by atoms with Gasteiger partial charge in [-0.3, -0.25) is 4.55 Å². The maximum Gasteiger partial charge on any atom is 1.00 e. The Morgan fingerprint density at radius 2 is 1.54 bits per heavy atom. The van der Waals surface area contributed by atoms with Crippen molar-refractivity contribution in [1.82, 2.24) is 0 Å². The molecular formula is C21H27NaO5S. The largest absolute Gasteiger partial charge is 1.00 e. The van der Waals surface area contributed by atoms with E-state index in [0.717, 1.165) is 25.0 Å². The molecule has 0 unspecified atom stereocenters. The van der Waals surface area contributed by atoms with E-state index in [1.54, 1.807) is 12.1 Å². The van der Waals surface area contributed by atoms with Gasteiger partial charge in [-0.05, 0) is 48.7 Å². The minimum atomic E-state index is -4.39. The van der Waals surface area contributed by atoms with Crippen LogP contribution in [0.1, 0.15) is 57.4 Å². The predicted molar refractivity (Wildman–Crippen MR) is 104 cm³/mol. The van der Waals surface area contributed by atoms with Crippen LogP contribution in [0.25, 0.3) is 0 Å². The van der Waals surface area contributed by atoms with Crippen molar-refractivity contribution in [2.75, 3.05) is 0 Å². The molecule has 7 heteroatoms. The van der Waals surface area contributed by atoms with Crippen LogP contribution in [0.4, 0.5) is 0 Å². The monoisotopic (exact) mass is 414 g/mol. The zero-order valence-electron chi connectivity index (χ0n) is 16.7. The molecule has 0 bridgehead atoms. The fourth-order valence-corrected chi connectivity index (χ4v) is 3.37. The molecule has 0 atom stereocenters. The Bertz CT molecular complexity index is 819. The third kappa shape index (κ3) is 8.53. The van der Waals surface area contributed by atoms with Crippen LogP contribution in [0.5, 0.6) is 17.2 Å². The second-order valence-corrected chi connectivity index (χ2v) is 8.12. The van der Waals surface area contributed by atoms with Gasteiger partial charge in [0.05, 0.1) is 4.90 Å². The summed E-state index contributed by atoms with van der Waals surface area (Å²) in [5, 5.41) is 11.9. The molecule has 5 nitrogen and oxygen atoms in total. The molecular weight excluding hydrogens is 387 g/mol. The van der Waals surface area contributed by atoms with Crippen molar-refractivity contribution in [3.63, 3.8) is 0 Å². The molecule has 148 valence electrons. The van der Waals surface area contributed by atoms with Crippen molar-refractivity contribution < 1.29 is 52.4 Å². The minimum Gasteiger partial charge on any atom is -0.870 e. The van der Waals surface area contributed by atoms with Gasteiger partial charge in [0.1, 0.15) is 11.5 Å². The molecule has 0 radical (unpaired) electrons. The van der Waals surface area contributed by atoms with Crippen molar-refractivity contribution in [2.45, 2.75) is 63.2 Å². The van der Waals surface area contributed by atoms with Crippen LogP contribution >= 0.6 is 0 Å². The topological polar surface area (TPSA) is 86.7 Å². The molecule has 2 aromatic carbocycles. The zero-order valence-corrected chi connectivity index (χ0v) is 19.5. The number of aryl methyl sites for hydroxylation is 1. The van der Waals surface area contributed by atoms with Crippen molar-refractivity contribution in [3.8, 4) is 17.2 Å². The Balaban J connectivity index is 0.00000392. The Labute approximate surface area is 190 Å². The normalized spacial score (nSPS) is 11.1. The second-order valence-electron chi connectivity index (χ2n) is 6.70. The summed E-state index contributed by atoms with van der Waals surface area (Å²) in [4.78, 5) is -0.440. The molecule has 0 spiro atoms. The van der Waals surface area contributed by atoms with Crippen molar-refractivity contribution in [3.05, 3.63) is 48.0 Å². The predicted octanol–water partition coefficient (Wildman–Crippen LogP) is 2.10. The SMILES string of the molecule is CCCCCCCCCc1ccc(Oc2ccc(S(=O)(=O)O)cc2[O-])cc1.[Na+]. The third-order valence-corrected chi connectivity index (χ3v) is 5.28. The van der Waals surface area contributed by atoms with Crippen LogP contribution in [0.3, 0.4) is 0 Å². The van der Waals surface area contributed by atoms with Crippen LogP contribution in [0.2, 0.25) is 0 Å². The quantitative estimate of drug-likeness (QED) is 0.346. The van der Waals surface area contributed by atoms with Crippen molar-refractivity contribution in [1.29, 1.82) is 0 Å². The van der Waals surface area contributed by atoms with E-state index in [4.69, 9.17) is 9.29 Å². The summed E-state index contributed by atoms with van der Waals surface area (Å²) < 4.78 is 36.6. The number of benzene rings is 2. The fraction of sp³-hybridized carbons (Fsp3) is 0.429. The van der Waals surface area contributed by atoms with E-state index in [9.17, 15) is 13.5 Å². The Kier molecular flexibility index (Phi) is 11.2. The molecule has 0 aliphatic rings. The number of hydrogen-bond donors (Lipinski definition) is 1. The van der Waals surface area contributed by atoms with E-state index in [2.05, 4.69) is 6.92 Å². The molecule has 1 N–H and O–H groups in total. The number of rotatable bonds is 11. The molecule has 0 fully saturated rings. The molecule has 2 aromatic rings. The van der Waals surface area contributed by atoms with Crippen LogP contribution in [0, 0.1) is 0 Å². The Morgan fingerprint density at radius 1 is 0.929 bits per heavy atom. The first-order valence-electron chi connectivity index (χ1n) is 9.45. The number of hydrogen-bond acceptors (Lipinski definition) is 4. The molecule has 0 aromatic heterocycles. The smallest absolute Gasteiger partial charge is 0.870 e.